The van der Waals surface area contributed by atoms with Gasteiger partial charge in [0.25, 0.3) is 0 Å². The van der Waals surface area contributed by atoms with Crippen LogP contribution in [-0.4, -0.2) is 30.1 Å². The SMILES string of the molecule is CCCCCCCCOc1nc2c(c(=O)o1)CC(C(C)CCCC(C)OC)S2. The van der Waals surface area contributed by atoms with Gasteiger partial charge in [-0.05, 0) is 38.5 Å². The second-order valence-corrected chi connectivity index (χ2v) is 9.21. The van der Waals surface area contributed by atoms with Crippen LogP contribution in [0.25, 0.3) is 0 Å². The highest BCUT2D eigenvalue weighted by molar-refractivity contribution is 8.00. The van der Waals surface area contributed by atoms with Crippen LogP contribution < -0.4 is 10.4 Å². The standard InChI is InChI=1S/C22H37NO4S/c1-5-6-7-8-9-10-14-26-22-23-20-18(21(24)27-22)15-19(28-20)16(2)12-11-13-17(3)25-4/h16-17,19H,5-15H2,1-4H3. The number of rotatable bonds is 14. The van der Waals surface area contributed by atoms with Gasteiger partial charge in [0.15, 0.2) is 0 Å². The lowest BCUT2D eigenvalue weighted by Crippen LogP contribution is -2.17. The molecule has 0 radical (unpaired) electrons. The van der Waals surface area contributed by atoms with Crippen LogP contribution in [0, 0.1) is 5.92 Å². The summed E-state index contributed by atoms with van der Waals surface area (Å²) in [6, 6.07) is 0. The van der Waals surface area contributed by atoms with Crippen LogP contribution in [0.2, 0.25) is 0 Å². The molecule has 3 unspecified atom stereocenters. The quantitative estimate of drug-likeness (QED) is 0.370. The molecular formula is C22H37NO4S. The van der Waals surface area contributed by atoms with Gasteiger partial charge in [-0.1, -0.05) is 52.4 Å². The fourth-order valence-electron chi connectivity index (χ4n) is 3.51. The molecule has 0 fully saturated rings. The third-order valence-electron chi connectivity index (χ3n) is 5.58. The Balaban J connectivity index is 1.78. The fourth-order valence-corrected chi connectivity index (χ4v) is 4.85. The minimum absolute atomic E-state index is 0.132. The van der Waals surface area contributed by atoms with Gasteiger partial charge in [0.05, 0.1) is 18.3 Å². The smallest absolute Gasteiger partial charge is 0.397 e. The molecule has 1 aliphatic heterocycles. The van der Waals surface area contributed by atoms with Crippen LogP contribution in [0.1, 0.15) is 84.1 Å². The molecule has 6 heteroatoms. The fraction of sp³-hybridized carbons (Fsp3) is 0.818. The molecule has 0 spiro atoms. The Morgan fingerprint density at radius 1 is 1.14 bits per heavy atom. The molecule has 0 aromatic carbocycles. The lowest BCUT2D eigenvalue weighted by molar-refractivity contribution is 0.107. The van der Waals surface area contributed by atoms with E-state index in [1.165, 1.54) is 25.7 Å². The van der Waals surface area contributed by atoms with E-state index in [9.17, 15) is 4.79 Å². The van der Waals surface area contributed by atoms with Crippen molar-refractivity contribution >= 4 is 11.8 Å². The van der Waals surface area contributed by atoms with Crippen LogP contribution in [0.3, 0.4) is 0 Å². The molecule has 2 heterocycles. The van der Waals surface area contributed by atoms with Gasteiger partial charge >= 0.3 is 11.7 Å². The molecule has 0 amide bonds. The van der Waals surface area contributed by atoms with Crippen molar-refractivity contribution in [3.05, 3.63) is 16.0 Å². The first-order chi connectivity index (χ1) is 13.5. The molecule has 1 aromatic rings. The zero-order valence-electron chi connectivity index (χ0n) is 18.0. The van der Waals surface area contributed by atoms with Crippen LogP contribution >= 0.6 is 11.8 Å². The largest absolute Gasteiger partial charge is 0.450 e. The minimum Gasteiger partial charge on any atom is -0.450 e. The van der Waals surface area contributed by atoms with Crippen molar-refractivity contribution in [2.45, 2.75) is 101 Å². The van der Waals surface area contributed by atoms with Crippen molar-refractivity contribution in [1.29, 1.82) is 0 Å². The van der Waals surface area contributed by atoms with Gasteiger partial charge in [-0.25, -0.2) is 4.79 Å². The summed E-state index contributed by atoms with van der Waals surface area (Å²) in [7, 11) is 1.76. The highest BCUT2D eigenvalue weighted by Crippen LogP contribution is 2.39. The van der Waals surface area contributed by atoms with Crippen LogP contribution in [0.15, 0.2) is 14.2 Å². The van der Waals surface area contributed by atoms with Gasteiger partial charge in [0.1, 0.15) is 5.03 Å². The van der Waals surface area contributed by atoms with E-state index >= 15 is 0 Å². The molecule has 3 atom stereocenters. The Bertz CT molecular complexity index is 633. The lowest BCUT2D eigenvalue weighted by atomic mass is 9.96. The summed E-state index contributed by atoms with van der Waals surface area (Å²) in [5.41, 5.74) is 0.442. The highest BCUT2D eigenvalue weighted by Gasteiger charge is 2.31. The van der Waals surface area contributed by atoms with E-state index in [-0.39, 0.29) is 11.7 Å². The first-order valence-electron chi connectivity index (χ1n) is 10.9. The number of thioether (sulfide) groups is 1. The number of nitrogens with zero attached hydrogens (tertiary/aromatic N) is 1. The molecule has 0 bridgehead atoms. The maximum Gasteiger partial charge on any atom is 0.397 e. The Morgan fingerprint density at radius 2 is 1.89 bits per heavy atom. The topological polar surface area (TPSA) is 61.6 Å². The van der Waals surface area contributed by atoms with E-state index in [1.54, 1.807) is 18.9 Å². The van der Waals surface area contributed by atoms with Crippen LogP contribution in [0.5, 0.6) is 6.08 Å². The second-order valence-electron chi connectivity index (χ2n) is 7.98. The van der Waals surface area contributed by atoms with Crippen molar-refractivity contribution in [3.63, 3.8) is 0 Å². The van der Waals surface area contributed by atoms with Gasteiger partial charge in [0.2, 0.25) is 0 Å². The number of ether oxygens (including phenoxy) is 2. The van der Waals surface area contributed by atoms with Gasteiger partial charge in [0, 0.05) is 12.4 Å². The predicted octanol–water partition coefficient (Wildman–Crippen LogP) is 5.63. The number of unbranched alkanes of at least 4 members (excludes halogenated alkanes) is 5. The molecule has 1 aromatic heterocycles. The Kier molecular flexibility index (Phi) is 10.4. The van der Waals surface area contributed by atoms with Gasteiger partial charge in [-0.15, -0.1) is 11.8 Å². The van der Waals surface area contributed by atoms with Gasteiger partial charge < -0.3 is 13.9 Å². The molecule has 0 saturated heterocycles. The van der Waals surface area contributed by atoms with Crippen molar-refractivity contribution in [2.24, 2.45) is 5.92 Å². The van der Waals surface area contributed by atoms with Crippen molar-refractivity contribution in [3.8, 4) is 6.08 Å². The average Bonchev–Trinajstić information content (AvgIpc) is 3.12. The zero-order valence-corrected chi connectivity index (χ0v) is 18.8. The maximum absolute atomic E-state index is 12.3. The summed E-state index contributed by atoms with van der Waals surface area (Å²) < 4.78 is 16.2. The number of hydrogen-bond acceptors (Lipinski definition) is 6. The summed E-state index contributed by atoms with van der Waals surface area (Å²) in [6.45, 7) is 7.14. The Labute approximate surface area is 174 Å². The lowest BCUT2D eigenvalue weighted by Gasteiger charge is -2.18. The Hall–Kier alpha value is -1.01. The van der Waals surface area contributed by atoms with Crippen LogP contribution in [-0.2, 0) is 11.2 Å². The minimum atomic E-state index is -0.279. The summed E-state index contributed by atoms with van der Waals surface area (Å²) in [6.07, 6.45) is 11.7. The zero-order chi connectivity index (χ0) is 20.4. The monoisotopic (exact) mass is 411 g/mol. The maximum atomic E-state index is 12.3. The first kappa shape index (κ1) is 23.3. The average molecular weight is 412 g/mol. The first-order valence-corrected chi connectivity index (χ1v) is 11.8. The molecular weight excluding hydrogens is 374 g/mol. The van der Waals surface area contributed by atoms with E-state index in [4.69, 9.17) is 13.9 Å². The normalized spacial score (nSPS) is 18.1. The molecule has 1 aliphatic rings. The molecule has 5 nitrogen and oxygen atoms in total. The summed E-state index contributed by atoms with van der Waals surface area (Å²) in [5.74, 6) is 0.523. The predicted molar refractivity (Wildman–Crippen MR) is 114 cm³/mol. The van der Waals surface area contributed by atoms with E-state index < -0.39 is 0 Å². The van der Waals surface area contributed by atoms with E-state index in [2.05, 4.69) is 25.8 Å². The molecule has 0 saturated carbocycles. The van der Waals surface area contributed by atoms with Crippen molar-refractivity contribution in [1.82, 2.24) is 4.98 Å². The van der Waals surface area contributed by atoms with Gasteiger partial charge in [-0.2, -0.15) is 4.98 Å². The summed E-state index contributed by atoms with van der Waals surface area (Å²) in [4.78, 5) is 16.8. The van der Waals surface area contributed by atoms with Crippen molar-refractivity contribution < 1.29 is 13.9 Å². The van der Waals surface area contributed by atoms with Crippen LogP contribution in [0.4, 0.5) is 0 Å². The molecule has 160 valence electrons. The van der Waals surface area contributed by atoms with Gasteiger partial charge in [-0.3, -0.25) is 0 Å². The molecule has 28 heavy (non-hydrogen) atoms. The summed E-state index contributed by atoms with van der Waals surface area (Å²) >= 11 is 1.71. The van der Waals surface area contributed by atoms with E-state index in [1.807, 2.05) is 0 Å². The third kappa shape index (κ3) is 7.43. The van der Waals surface area contributed by atoms with E-state index in [0.29, 0.717) is 23.9 Å². The molecule has 2 rings (SSSR count). The number of aromatic nitrogens is 1. The summed E-state index contributed by atoms with van der Waals surface area (Å²) in [5, 5.41) is 1.19. The number of hydrogen-bond donors (Lipinski definition) is 0. The molecule has 0 N–H and O–H groups in total. The number of methoxy groups -OCH3 is 1. The van der Waals surface area contributed by atoms with Crippen molar-refractivity contribution in [2.75, 3.05) is 13.7 Å². The van der Waals surface area contributed by atoms with E-state index in [0.717, 1.165) is 49.1 Å². The number of fused-ring (bicyclic) bond motifs is 1. The Morgan fingerprint density at radius 3 is 2.64 bits per heavy atom. The second kappa shape index (κ2) is 12.5. The highest BCUT2D eigenvalue weighted by atomic mass is 32.2. The molecule has 0 aliphatic carbocycles. The third-order valence-corrected chi connectivity index (χ3v) is 7.07.